The van der Waals surface area contributed by atoms with Crippen LogP contribution >= 0.6 is 11.8 Å². The Hall–Kier alpha value is -1.75. The second-order valence-electron chi connectivity index (χ2n) is 4.93. The van der Waals surface area contributed by atoms with Crippen LogP contribution in [0.25, 0.3) is 0 Å². The van der Waals surface area contributed by atoms with Crippen molar-refractivity contribution in [2.24, 2.45) is 14.1 Å². The third-order valence-corrected chi connectivity index (χ3v) is 4.54. The number of hydrogen-bond acceptors (Lipinski definition) is 3. The molecule has 5 heteroatoms. The minimum atomic E-state index is -0.283. The zero-order valence-corrected chi connectivity index (χ0v) is 13.0. The lowest BCUT2D eigenvalue weighted by Crippen LogP contribution is -2.37. The minimum absolute atomic E-state index is 0.260. The molecule has 0 aliphatic rings. The topological polar surface area (TPSA) is 44.0 Å². The van der Waals surface area contributed by atoms with Gasteiger partial charge in [0.1, 0.15) is 0 Å². The van der Waals surface area contributed by atoms with Crippen LogP contribution in [0.2, 0.25) is 0 Å². The maximum atomic E-state index is 11.9. The van der Waals surface area contributed by atoms with E-state index in [4.69, 9.17) is 0 Å². The molecule has 1 aromatic heterocycles. The summed E-state index contributed by atoms with van der Waals surface area (Å²) in [5.74, 6) is 0.603. The predicted molar refractivity (Wildman–Crippen MR) is 82.4 cm³/mol. The Labute approximate surface area is 122 Å². The molecule has 0 aliphatic carbocycles. The second-order valence-corrected chi connectivity index (χ2v) is 5.95. The fourth-order valence-corrected chi connectivity index (χ4v) is 3.08. The standard InChI is InChI=1S/C15H18N2O2S/c1-10-5-6-11(2)13(7-10)20-9-12-8-14(18)17(4)15(19)16(12)3/h5-8H,9H2,1-4H3. The Bertz CT molecular complexity index is 759. The monoisotopic (exact) mass is 290 g/mol. The second kappa shape index (κ2) is 5.71. The lowest BCUT2D eigenvalue weighted by atomic mass is 10.2. The molecule has 4 nitrogen and oxygen atoms in total. The van der Waals surface area contributed by atoms with Crippen LogP contribution in [0.4, 0.5) is 0 Å². The summed E-state index contributed by atoms with van der Waals surface area (Å²) < 4.78 is 2.64. The minimum Gasteiger partial charge on any atom is -0.300 e. The van der Waals surface area contributed by atoms with Gasteiger partial charge >= 0.3 is 5.69 Å². The molecule has 0 N–H and O–H groups in total. The fraction of sp³-hybridized carbons (Fsp3) is 0.333. The number of thioether (sulfide) groups is 1. The Morgan fingerprint density at radius 3 is 2.45 bits per heavy atom. The molecule has 0 spiro atoms. The van der Waals surface area contributed by atoms with Crippen molar-refractivity contribution < 1.29 is 0 Å². The fourth-order valence-electron chi connectivity index (χ4n) is 1.93. The summed E-state index contributed by atoms with van der Waals surface area (Å²) in [5.41, 5.74) is 2.60. The molecule has 0 unspecified atom stereocenters. The van der Waals surface area contributed by atoms with E-state index >= 15 is 0 Å². The summed E-state index contributed by atoms with van der Waals surface area (Å²) in [6, 6.07) is 7.81. The maximum absolute atomic E-state index is 11.9. The van der Waals surface area contributed by atoms with Gasteiger partial charge in [0.05, 0.1) is 0 Å². The third-order valence-electron chi connectivity index (χ3n) is 3.34. The third kappa shape index (κ3) is 2.88. The zero-order valence-electron chi connectivity index (χ0n) is 12.1. The van der Waals surface area contributed by atoms with Crippen molar-refractivity contribution in [3.63, 3.8) is 0 Å². The molecular formula is C15H18N2O2S. The van der Waals surface area contributed by atoms with Gasteiger partial charge in [0.15, 0.2) is 0 Å². The number of rotatable bonds is 3. The molecule has 0 atom stereocenters. The average Bonchev–Trinajstić information content (AvgIpc) is 2.42. The molecule has 0 saturated carbocycles. The molecule has 1 aromatic carbocycles. The van der Waals surface area contributed by atoms with Crippen molar-refractivity contribution in [2.75, 3.05) is 0 Å². The van der Waals surface area contributed by atoms with Crippen LogP contribution in [-0.2, 0) is 19.8 Å². The molecule has 0 amide bonds. The molecule has 20 heavy (non-hydrogen) atoms. The first-order valence-electron chi connectivity index (χ1n) is 6.36. The van der Waals surface area contributed by atoms with Crippen molar-refractivity contribution in [2.45, 2.75) is 24.5 Å². The van der Waals surface area contributed by atoms with Gasteiger partial charge in [0, 0.05) is 36.5 Å². The number of hydrogen-bond donors (Lipinski definition) is 0. The van der Waals surface area contributed by atoms with E-state index in [1.54, 1.807) is 18.8 Å². The SMILES string of the molecule is Cc1ccc(C)c(SCc2cc(=O)n(C)c(=O)n2C)c1. The van der Waals surface area contributed by atoms with E-state index in [1.165, 1.54) is 33.7 Å². The van der Waals surface area contributed by atoms with Gasteiger partial charge in [-0.05, 0) is 25.5 Å². The largest absolute Gasteiger partial charge is 0.330 e. The van der Waals surface area contributed by atoms with Gasteiger partial charge in [-0.1, -0.05) is 17.7 Å². The highest BCUT2D eigenvalue weighted by atomic mass is 32.2. The van der Waals surface area contributed by atoms with E-state index < -0.39 is 0 Å². The number of aryl methyl sites for hydroxylation is 2. The Balaban J connectivity index is 2.30. The smallest absolute Gasteiger partial charge is 0.300 e. The maximum Gasteiger partial charge on any atom is 0.330 e. The summed E-state index contributed by atoms with van der Waals surface area (Å²) in [6.07, 6.45) is 0. The highest BCUT2D eigenvalue weighted by Crippen LogP contribution is 2.26. The first-order chi connectivity index (χ1) is 9.40. The Morgan fingerprint density at radius 2 is 1.75 bits per heavy atom. The lowest BCUT2D eigenvalue weighted by molar-refractivity contribution is 0.665. The van der Waals surface area contributed by atoms with Crippen molar-refractivity contribution in [3.8, 4) is 0 Å². The van der Waals surface area contributed by atoms with Crippen LogP contribution in [-0.4, -0.2) is 9.13 Å². The molecule has 1 heterocycles. The highest BCUT2D eigenvalue weighted by Gasteiger charge is 2.07. The summed E-state index contributed by atoms with van der Waals surface area (Å²) in [6.45, 7) is 4.11. The number of aromatic nitrogens is 2. The summed E-state index contributed by atoms with van der Waals surface area (Å²) >= 11 is 1.64. The van der Waals surface area contributed by atoms with Crippen molar-refractivity contribution in [1.29, 1.82) is 0 Å². The molecule has 0 radical (unpaired) electrons. The van der Waals surface area contributed by atoms with Gasteiger partial charge in [-0.25, -0.2) is 4.79 Å². The summed E-state index contributed by atoms with van der Waals surface area (Å²) in [5, 5.41) is 0. The van der Waals surface area contributed by atoms with Gasteiger partial charge in [-0.2, -0.15) is 0 Å². The Morgan fingerprint density at radius 1 is 1.05 bits per heavy atom. The van der Waals surface area contributed by atoms with E-state index in [-0.39, 0.29) is 11.2 Å². The summed E-state index contributed by atoms with van der Waals surface area (Å²) in [4.78, 5) is 24.7. The Kier molecular flexibility index (Phi) is 4.18. The molecule has 0 aliphatic heterocycles. The van der Waals surface area contributed by atoms with E-state index in [0.29, 0.717) is 5.75 Å². The molecule has 2 rings (SSSR count). The molecular weight excluding hydrogens is 272 g/mol. The van der Waals surface area contributed by atoms with Gasteiger partial charge in [-0.3, -0.25) is 13.9 Å². The van der Waals surface area contributed by atoms with Crippen LogP contribution in [0.1, 0.15) is 16.8 Å². The predicted octanol–water partition coefficient (Wildman–Crippen LogP) is 1.99. The quantitative estimate of drug-likeness (QED) is 0.812. The number of nitrogens with zero attached hydrogens (tertiary/aromatic N) is 2. The van der Waals surface area contributed by atoms with Gasteiger partial charge in [-0.15, -0.1) is 11.8 Å². The molecule has 106 valence electrons. The van der Waals surface area contributed by atoms with E-state index in [2.05, 4.69) is 32.0 Å². The van der Waals surface area contributed by atoms with Crippen LogP contribution in [0.5, 0.6) is 0 Å². The average molecular weight is 290 g/mol. The van der Waals surface area contributed by atoms with Crippen LogP contribution in [0.3, 0.4) is 0 Å². The lowest BCUT2D eigenvalue weighted by Gasteiger charge is -2.10. The van der Waals surface area contributed by atoms with Gasteiger partial charge < -0.3 is 0 Å². The molecule has 0 bridgehead atoms. The molecule has 0 saturated heterocycles. The number of benzene rings is 1. The summed E-state index contributed by atoms with van der Waals surface area (Å²) in [7, 11) is 3.19. The van der Waals surface area contributed by atoms with Crippen molar-refractivity contribution in [3.05, 3.63) is 61.9 Å². The van der Waals surface area contributed by atoms with Crippen LogP contribution in [0, 0.1) is 13.8 Å². The van der Waals surface area contributed by atoms with Crippen molar-refractivity contribution in [1.82, 2.24) is 9.13 Å². The normalized spacial score (nSPS) is 10.8. The highest BCUT2D eigenvalue weighted by molar-refractivity contribution is 7.98. The first kappa shape index (κ1) is 14.7. The van der Waals surface area contributed by atoms with Crippen LogP contribution in [0.15, 0.2) is 38.8 Å². The van der Waals surface area contributed by atoms with Crippen LogP contribution < -0.4 is 11.2 Å². The van der Waals surface area contributed by atoms with Gasteiger partial charge in [0.25, 0.3) is 5.56 Å². The van der Waals surface area contributed by atoms with E-state index in [0.717, 1.165) is 10.3 Å². The molecule has 2 aromatic rings. The van der Waals surface area contributed by atoms with Gasteiger partial charge in [0.2, 0.25) is 0 Å². The first-order valence-corrected chi connectivity index (χ1v) is 7.34. The van der Waals surface area contributed by atoms with Crippen molar-refractivity contribution >= 4 is 11.8 Å². The van der Waals surface area contributed by atoms with E-state index in [9.17, 15) is 9.59 Å². The zero-order chi connectivity index (χ0) is 14.9. The molecule has 0 fully saturated rings. The van der Waals surface area contributed by atoms with E-state index in [1.807, 2.05) is 0 Å².